The Morgan fingerprint density at radius 1 is 1.15 bits per heavy atom. The lowest BCUT2D eigenvalue weighted by atomic mass is 9.81. The molecule has 7 nitrogen and oxygen atoms in total. The molecule has 3 heterocycles. The van der Waals surface area contributed by atoms with E-state index >= 15 is 0 Å². The van der Waals surface area contributed by atoms with Crippen molar-refractivity contribution in [2.45, 2.75) is 37.6 Å². The molecule has 5 rings (SSSR count). The molecule has 2 fully saturated rings. The van der Waals surface area contributed by atoms with Crippen LogP contribution >= 0.6 is 0 Å². The van der Waals surface area contributed by atoms with Crippen LogP contribution in [0.3, 0.4) is 0 Å². The summed E-state index contributed by atoms with van der Waals surface area (Å²) in [4.78, 5) is 35.0. The van der Waals surface area contributed by atoms with Crippen molar-refractivity contribution in [1.82, 2.24) is 20.2 Å². The van der Waals surface area contributed by atoms with E-state index in [0.29, 0.717) is 35.2 Å². The number of piperazine rings is 1. The van der Waals surface area contributed by atoms with Gasteiger partial charge in [-0.25, -0.2) is 4.98 Å². The van der Waals surface area contributed by atoms with Crippen molar-refractivity contribution in [2.75, 3.05) is 25.0 Å². The lowest BCUT2D eigenvalue weighted by molar-refractivity contribution is -0.138. The number of aromatic amines is 1. The van der Waals surface area contributed by atoms with Crippen LogP contribution in [-0.4, -0.2) is 53.0 Å². The molecule has 2 unspecified atom stereocenters. The SMILES string of the molecule is CNC(=O)c1ccc(N2CCN(Cc3ccc4cc(C(F)(F)F)c(=O)[nH]c4c3)C3CCC32)cn1. The Morgan fingerprint density at radius 3 is 2.59 bits per heavy atom. The van der Waals surface area contributed by atoms with Gasteiger partial charge in [0, 0.05) is 44.3 Å². The molecule has 0 radical (unpaired) electrons. The predicted molar refractivity (Wildman–Crippen MR) is 122 cm³/mol. The summed E-state index contributed by atoms with van der Waals surface area (Å²) in [5.74, 6) is -0.218. The first-order chi connectivity index (χ1) is 16.2. The van der Waals surface area contributed by atoms with Gasteiger partial charge in [-0.05, 0) is 48.1 Å². The number of rotatable bonds is 4. The van der Waals surface area contributed by atoms with Gasteiger partial charge < -0.3 is 15.2 Å². The number of H-pyrrole nitrogens is 1. The largest absolute Gasteiger partial charge is 0.421 e. The summed E-state index contributed by atoms with van der Waals surface area (Å²) in [6, 6.07) is 10.5. The highest BCUT2D eigenvalue weighted by atomic mass is 19.4. The molecule has 3 aromatic rings. The number of nitrogens with one attached hydrogen (secondary N) is 2. The van der Waals surface area contributed by atoms with Crippen LogP contribution in [0.25, 0.3) is 10.9 Å². The second-order valence-electron chi connectivity index (χ2n) is 8.79. The number of anilines is 1. The molecule has 2 atom stereocenters. The molecule has 34 heavy (non-hydrogen) atoms. The van der Waals surface area contributed by atoms with E-state index in [1.54, 1.807) is 31.4 Å². The van der Waals surface area contributed by atoms with Gasteiger partial charge in [0.15, 0.2) is 0 Å². The molecule has 178 valence electrons. The van der Waals surface area contributed by atoms with Gasteiger partial charge in [-0.2, -0.15) is 13.2 Å². The minimum Gasteiger partial charge on any atom is -0.364 e. The molecule has 0 spiro atoms. The fraction of sp³-hybridized carbons (Fsp3) is 0.375. The Labute approximate surface area is 193 Å². The first kappa shape index (κ1) is 22.4. The van der Waals surface area contributed by atoms with Crippen molar-refractivity contribution in [3.8, 4) is 0 Å². The standard InChI is InChI=1S/C24H24F3N5O2/c1-28-23(34)18-5-4-16(12-29-18)32-9-8-31(20-6-7-21(20)32)13-14-2-3-15-11-17(24(25,26)27)22(33)30-19(15)10-14/h2-5,10-12,20-21H,6-9,13H2,1H3,(H,28,34)(H,30,33). The second-order valence-corrected chi connectivity index (χ2v) is 8.79. The van der Waals surface area contributed by atoms with Crippen molar-refractivity contribution in [2.24, 2.45) is 0 Å². The molecular formula is C24H24F3N5O2. The van der Waals surface area contributed by atoms with Crippen LogP contribution in [0.1, 0.15) is 34.5 Å². The summed E-state index contributed by atoms with van der Waals surface area (Å²) in [6.07, 6.45) is -0.823. The van der Waals surface area contributed by atoms with Gasteiger partial charge in [0.25, 0.3) is 11.5 Å². The van der Waals surface area contributed by atoms with E-state index in [0.717, 1.165) is 43.2 Å². The molecular weight excluding hydrogens is 447 g/mol. The fourth-order valence-corrected chi connectivity index (χ4v) is 4.95. The molecule has 1 amide bonds. The minimum absolute atomic E-state index is 0.218. The van der Waals surface area contributed by atoms with Gasteiger partial charge >= 0.3 is 6.18 Å². The highest BCUT2D eigenvalue weighted by Crippen LogP contribution is 2.37. The van der Waals surface area contributed by atoms with Crippen molar-refractivity contribution in [3.63, 3.8) is 0 Å². The number of carbonyl (C=O) groups is 1. The minimum atomic E-state index is -4.68. The third kappa shape index (κ3) is 4.02. The van der Waals surface area contributed by atoms with Crippen LogP contribution in [0, 0.1) is 0 Å². The van der Waals surface area contributed by atoms with Crippen LogP contribution in [-0.2, 0) is 12.7 Å². The predicted octanol–water partition coefficient (Wildman–Crippen LogP) is 3.15. The number of benzene rings is 1. The molecule has 2 N–H and O–H groups in total. The zero-order valence-electron chi connectivity index (χ0n) is 18.5. The highest BCUT2D eigenvalue weighted by Gasteiger charge is 2.43. The number of fused-ring (bicyclic) bond motifs is 2. The van der Waals surface area contributed by atoms with E-state index in [9.17, 15) is 22.8 Å². The summed E-state index contributed by atoms with van der Waals surface area (Å²) >= 11 is 0. The zero-order valence-corrected chi connectivity index (χ0v) is 18.5. The number of hydrogen-bond acceptors (Lipinski definition) is 5. The summed E-state index contributed by atoms with van der Waals surface area (Å²) in [5.41, 5.74) is 0.414. The van der Waals surface area contributed by atoms with E-state index < -0.39 is 17.3 Å². The summed E-state index contributed by atoms with van der Waals surface area (Å²) in [5, 5.41) is 2.92. The number of aromatic nitrogens is 2. The number of nitrogens with zero attached hydrogens (tertiary/aromatic N) is 3. The van der Waals surface area contributed by atoms with Gasteiger partial charge in [0.1, 0.15) is 11.3 Å². The zero-order chi connectivity index (χ0) is 24.0. The summed E-state index contributed by atoms with van der Waals surface area (Å²) in [7, 11) is 1.57. The Bertz CT molecular complexity index is 1290. The fourth-order valence-electron chi connectivity index (χ4n) is 4.95. The Kier molecular flexibility index (Phi) is 5.55. The van der Waals surface area contributed by atoms with E-state index in [4.69, 9.17) is 0 Å². The maximum Gasteiger partial charge on any atom is 0.421 e. The van der Waals surface area contributed by atoms with E-state index in [1.807, 2.05) is 12.1 Å². The number of halogens is 3. The monoisotopic (exact) mass is 471 g/mol. The van der Waals surface area contributed by atoms with Crippen LogP contribution in [0.15, 0.2) is 47.4 Å². The number of amides is 1. The molecule has 0 bridgehead atoms. The summed E-state index contributed by atoms with van der Waals surface area (Å²) in [6.45, 7) is 2.28. The molecule has 1 saturated carbocycles. The molecule has 2 aliphatic rings. The van der Waals surface area contributed by atoms with Crippen LogP contribution in [0.5, 0.6) is 0 Å². The maximum atomic E-state index is 13.0. The summed E-state index contributed by atoms with van der Waals surface area (Å²) < 4.78 is 39.1. The lowest BCUT2D eigenvalue weighted by Gasteiger charge is -2.54. The van der Waals surface area contributed by atoms with Gasteiger partial charge in [0.2, 0.25) is 0 Å². The molecule has 1 aromatic carbocycles. The van der Waals surface area contributed by atoms with Gasteiger partial charge in [-0.15, -0.1) is 0 Å². The molecule has 1 aliphatic carbocycles. The highest BCUT2D eigenvalue weighted by molar-refractivity contribution is 5.92. The van der Waals surface area contributed by atoms with Crippen LogP contribution in [0.4, 0.5) is 18.9 Å². The van der Waals surface area contributed by atoms with Gasteiger partial charge in [-0.3, -0.25) is 14.5 Å². The second kappa shape index (κ2) is 8.43. The Morgan fingerprint density at radius 2 is 1.94 bits per heavy atom. The normalized spacial score (nSPS) is 20.6. The average molecular weight is 471 g/mol. The topological polar surface area (TPSA) is 81.3 Å². The third-order valence-electron chi connectivity index (χ3n) is 6.84. The van der Waals surface area contributed by atoms with Crippen LogP contribution < -0.4 is 15.8 Å². The molecule has 10 heteroatoms. The molecule has 1 aliphatic heterocycles. The van der Waals surface area contributed by atoms with Crippen molar-refractivity contribution >= 4 is 22.5 Å². The van der Waals surface area contributed by atoms with E-state index in [1.165, 1.54) is 0 Å². The molecule has 1 saturated heterocycles. The number of hydrogen-bond donors (Lipinski definition) is 2. The quantitative estimate of drug-likeness (QED) is 0.611. The lowest BCUT2D eigenvalue weighted by Crippen LogP contribution is -2.64. The van der Waals surface area contributed by atoms with E-state index in [2.05, 4.69) is 25.1 Å². The smallest absolute Gasteiger partial charge is 0.364 e. The Balaban J connectivity index is 1.31. The van der Waals surface area contributed by atoms with Gasteiger partial charge in [-0.1, -0.05) is 12.1 Å². The number of pyridine rings is 2. The third-order valence-corrected chi connectivity index (χ3v) is 6.84. The molecule has 2 aromatic heterocycles. The van der Waals surface area contributed by atoms with Crippen LogP contribution in [0.2, 0.25) is 0 Å². The van der Waals surface area contributed by atoms with Crippen molar-refractivity contribution in [1.29, 1.82) is 0 Å². The number of alkyl halides is 3. The van der Waals surface area contributed by atoms with E-state index in [-0.39, 0.29) is 5.91 Å². The Hall–Kier alpha value is -3.40. The first-order valence-corrected chi connectivity index (χ1v) is 11.2. The first-order valence-electron chi connectivity index (χ1n) is 11.2. The average Bonchev–Trinajstić information content (AvgIpc) is 2.78. The van der Waals surface area contributed by atoms with Crippen molar-refractivity contribution in [3.05, 3.63) is 69.8 Å². The maximum absolute atomic E-state index is 13.0. The van der Waals surface area contributed by atoms with Gasteiger partial charge in [0.05, 0.1) is 11.9 Å². The van der Waals surface area contributed by atoms with Crippen molar-refractivity contribution < 1.29 is 18.0 Å². The number of carbonyl (C=O) groups excluding carboxylic acids is 1.